The van der Waals surface area contributed by atoms with Crippen molar-refractivity contribution in [2.45, 2.75) is 45.2 Å². The van der Waals surface area contributed by atoms with Gasteiger partial charge in [-0.1, -0.05) is 20.8 Å². The van der Waals surface area contributed by atoms with E-state index in [2.05, 4.69) is 17.2 Å². The van der Waals surface area contributed by atoms with Crippen molar-refractivity contribution in [3.8, 4) is 0 Å². The summed E-state index contributed by atoms with van der Waals surface area (Å²) in [5.74, 6) is 0.843. The van der Waals surface area contributed by atoms with Crippen LogP contribution in [0.3, 0.4) is 0 Å². The minimum absolute atomic E-state index is 0.121. The maximum absolute atomic E-state index is 12.0. The number of rotatable bonds is 7. The molecule has 1 atom stereocenters. The highest BCUT2D eigenvalue weighted by molar-refractivity contribution is 7.99. The molecule has 112 valence electrons. The number of carbonyl (C=O) groups is 1. The number of thioether (sulfide) groups is 1. The number of nitrogens with zero attached hydrogens (tertiary/aromatic N) is 1. The third kappa shape index (κ3) is 5.92. The summed E-state index contributed by atoms with van der Waals surface area (Å²) < 4.78 is 0. The summed E-state index contributed by atoms with van der Waals surface area (Å²) in [5, 5.41) is 13.3. The predicted molar refractivity (Wildman–Crippen MR) is 83.0 cm³/mol. The minimum Gasteiger partial charge on any atom is -0.393 e. The van der Waals surface area contributed by atoms with Crippen LogP contribution in [0.1, 0.15) is 44.5 Å². The summed E-state index contributed by atoms with van der Waals surface area (Å²) in [5.41, 5.74) is 0.438. The maximum Gasteiger partial charge on any atom is 0.252 e. The summed E-state index contributed by atoms with van der Waals surface area (Å²) in [6.07, 6.45) is 1.89. The average Bonchev–Trinajstić information content (AvgIpc) is 2.36. The molecule has 1 heterocycles. The first-order valence-electron chi connectivity index (χ1n) is 6.89. The lowest BCUT2D eigenvalue weighted by molar-refractivity contribution is 0.0901. The predicted octanol–water partition coefficient (Wildman–Crippen LogP) is 2.72. The Balaban J connectivity index is 2.54. The van der Waals surface area contributed by atoms with Gasteiger partial charge in [0.05, 0.1) is 16.7 Å². The zero-order chi connectivity index (χ0) is 15.2. The molecule has 20 heavy (non-hydrogen) atoms. The van der Waals surface area contributed by atoms with Gasteiger partial charge in [0.15, 0.2) is 0 Å². The highest BCUT2D eigenvalue weighted by atomic mass is 32.2. The van der Waals surface area contributed by atoms with Crippen LogP contribution >= 0.6 is 11.8 Å². The molecule has 0 radical (unpaired) electrons. The number of carbonyl (C=O) groups excluding carboxylic acids is 1. The van der Waals surface area contributed by atoms with Gasteiger partial charge in [-0.05, 0) is 36.6 Å². The van der Waals surface area contributed by atoms with Gasteiger partial charge in [0.25, 0.3) is 5.91 Å². The van der Waals surface area contributed by atoms with Crippen LogP contribution in [0, 0.1) is 5.41 Å². The molecule has 0 spiro atoms. The van der Waals surface area contributed by atoms with E-state index in [1.54, 1.807) is 30.9 Å². The van der Waals surface area contributed by atoms with Gasteiger partial charge in [0.2, 0.25) is 0 Å². The Bertz CT molecular complexity index is 430. The topological polar surface area (TPSA) is 62.2 Å². The number of pyridine rings is 1. The lowest BCUT2D eigenvalue weighted by Crippen LogP contribution is -2.35. The summed E-state index contributed by atoms with van der Waals surface area (Å²) in [6.45, 7) is 8.41. The Morgan fingerprint density at radius 3 is 2.70 bits per heavy atom. The molecule has 0 fully saturated rings. The summed E-state index contributed by atoms with van der Waals surface area (Å²) >= 11 is 1.65. The minimum atomic E-state index is -0.367. The van der Waals surface area contributed by atoms with E-state index in [0.717, 1.165) is 10.8 Å². The number of nitrogens with one attached hydrogen (secondary N) is 1. The van der Waals surface area contributed by atoms with Gasteiger partial charge in [0.1, 0.15) is 0 Å². The highest BCUT2D eigenvalue weighted by Crippen LogP contribution is 2.21. The smallest absolute Gasteiger partial charge is 0.252 e. The van der Waals surface area contributed by atoms with Crippen molar-refractivity contribution >= 4 is 17.7 Å². The molecule has 1 rings (SSSR count). The van der Waals surface area contributed by atoms with Crippen LogP contribution < -0.4 is 5.32 Å². The first-order valence-corrected chi connectivity index (χ1v) is 7.88. The van der Waals surface area contributed by atoms with Crippen LogP contribution in [0.15, 0.2) is 23.4 Å². The number of amides is 1. The van der Waals surface area contributed by atoms with Crippen LogP contribution in [-0.2, 0) is 0 Å². The fraction of sp³-hybridized carbons (Fsp3) is 0.600. The number of aliphatic hydroxyl groups is 1. The molecule has 0 saturated heterocycles. The highest BCUT2D eigenvalue weighted by Gasteiger charge is 2.21. The largest absolute Gasteiger partial charge is 0.393 e. The van der Waals surface area contributed by atoms with Crippen molar-refractivity contribution in [2.75, 3.05) is 12.3 Å². The van der Waals surface area contributed by atoms with E-state index < -0.39 is 0 Å². The molecule has 2 N–H and O–H groups in total. The van der Waals surface area contributed by atoms with Crippen LogP contribution in [0.25, 0.3) is 0 Å². The fourth-order valence-corrected chi connectivity index (χ4v) is 2.63. The van der Waals surface area contributed by atoms with Crippen molar-refractivity contribution in [3.63, 3.8) is 0 Å². The second-order valence-electron chi connectivity index (χ2n) is 5.72. The quantitative estimate of drug-likeness (QED) is 0.760. The Labute approximate surface area is 125 Å². The molecule has 0 aliphatic rings. The van der Waals surface area contributed by atoms with E-state index >= 15 is 0 Å². The molecule has 0 saturated carbocycles. The van der Waals surface area contributed by atoms with E-state index in [1.807, 2.05) is 19.9 Å². The van der Waals surface area contributed by atoms with Crippen molar-refractivity contribution in [1.82, 2.24) is 10.3 Å². The van der Waals surface area contributed by atoms with Gasteiger partial charge in [-0.2, -0.15) is 0 Å². The molecular formula is C15H24N2O2S. The molecule has 5 heteroatoms. The fourth-order valence-electron chi connectivity index (χ4n) is 2.04. The summed E-state index contributed by atoms with van der Waals surface area (Å²) in [4.78, 5) is 16.3. The van der Waals surface area contributed by atoms with Crippen LogP contribution in [0.4, 0.5) is 0 Å². The van der Waals surface area contributed by atoms with E-state index in [9.17, 15) is 9.90 Å². The zero-order valence-corrected chi connectivity index (χ0v) is 13.5. The molecule has 1 aromatic heterocycles. The van der Waals surface area contributed by atoms with Crippen LogP contribution in [0.2, 0.25) is 0 Å². The van der Waals surface area contributed by atoms with Gasteiger partial charge in [-0.15, -0.1) is 11.8 Å². The van der Waals surface area contributed by atoms with E-state index in [4.69, 9.17) is 0 Å². The number of hydrogen-bond donors (Lipinski definition) is 2. The monoisotopic (exact) mass is 296 g/mol. The third-order valence-electron chi connectivity index (χ3n) is 2.87. The van der Waals surface area contributed by atoms with E-state index in [-0.39, 0.29) is 17.4 Å². The standard InChI is InChI=1S/C15H24N2O2S/c1-5-20-13-7-6-12(9-16-13)14(19)17-10-15(3,4)8-11(2)18/h6-7,9,11,18H,5,8,10H2,1-4H3,(H,17,19). The lowest BCUT2D eigenvalue weighted by Gasteiger charge is -2.26. The van der Waals surface area contributed by atoms with Gasteiger partial charge < -0.3 is 10.4 Å². The molecule has 0 aliphatic heterocycles. The third-order valence-corrected chi connectivity index (χ3v) is 3.69. The Hall–Kier alpha value is -1.07. The normalized spacial score (nSPS) is 13.1. The van der Waals surface area contributed by atoms with Crippen molar-refractivity contribution in [1.29, 1.82) is 0 Å². The van der Waals surface area contributed by atoms with Gasteiger partial charge in [0, 0.05) is 12.7 Å². The summed E-state index contributed by atoms with van der Waals surface area (Å²) in [7, 11) is 0. The molecule has 1 amide bonds. The van der Waals surface area contributed by atoms with Crippen LogP contribution in [-0.4, -0.2) is 34.4 Å². The summed E-state index contributed by atoms with van der Waals surface area (Å²) in [6, 6.07) is 3.66. The average molecular weight is 296 g/mol. The van der Waals surface area contributed by atoms with Gasteiger partial charge >= 0.3 is 0 Å². The Morgan fingerprint density at radius 2 is 2.20 bits per heavy atom. The van der Waals surface area contributed by atoms with Gasteiger partial charge in [-0.25, -0.2) is 4.98 Å². The van der Waals surface area contributed by atoms with Crippen LogP contribution in [0.5, 0.6) is 0 Å². The second-order valence-corrected chi connectivity index (χ2v) is 7.00. The molecule has 0 bridgehead atoms. The molecule has 1 aromatic rings. The Kier molecular flexibility index (Phi) is 6.49. The van der Waals surface area contributed by atoms with Crippen molar-refractivity contribution < 1.29 is 9.90 Å². The van der Waals surface area contributed by atoms with E-state index in [1.165, 1.54) is 0 Å². The molecule has 4 nitrogen and oxygen atoms in total. The molecular weight excluding hydrogens is 272 g/mol. The van der Waals surface area contributed by atoms with Gasteiger partial charge in [-0.3, -0.25) is 4.79 Å². The lowest BCUT2D eigenvalue weighted by atomic mass is 9.87. The second kappa shape index (κ2) is 7.64. The molecule has 0 aliphatic carbocycles. The zero-order valence-electron chi connectivity index (χ0n) is 12.6. The van der Waals surface area contributed by atoms with E-state index in [0.29, 0.717) is 18.5 Å². The van der Waals surface area contributed by atoms with Crippen molar-refractivity contribution in [3.05, 3.63) is 23.9 Å². The maximum atomic E-state index is 12.0. The first-order chi connectivity index (χ1) is 9.34. The Morgan fingerprint density at radius 1 is 1.50 bits per heavy atom. The number of aliphatic hydroxyl groups excluding tert-OH is 1. The first kappa shape index (κ1) is 17.0. The molecule has 0 aromatic carbocycles. The number of aromatic nitrogens is 1. The van der Waals surface area contributed by atoms with Crippen molar-refractivity contribution in [2.24, 2.45) is 5.41 Å². The SMILES string of the molecule is CCSc1ccc(C(=O)NCC(C)(C)CC(C)O)cn1. The number of hydrogen-bond acceptors (Lipinski definition) is 4. The molecule has 1 unspecified atom stereocenters.